The molecule has 1 saturated heterocycles. The molecule has 1 fully saturated rings. The van der Waals surface area contributed by atoms with Crippen LogP contribution in [0.15, 0.2) is 36.0 Å². The Morgan fingerprint density at radius 2 is 1.84 bits per heavy atom. The number of epoxide rings is 1. The van der Waals surface area contributed by atoms with Crippen molar-refractivity contribution >= 4 is 24.1 Å². The van der Waals surface area contributed by atoms with Gasteiger partial charge in [0.1, 0.15) is 30.0 Å². The summed E-state index contributed by atoms with van der Waals surface area (Å²) < 4.78 is 27.5. The summed E-state index contributed by atoms with van der Waals surface area (Å²) in [6.07, 6.45) is 5.78. The highest BCUT2D eigenvalue weighted by Crippen LogP contribution is 2.37. The highest BCUT2D eigenvalue weighted by atomic mass is 16.6. The second-order valence-electron chi connectivity index (χ2n) is 12.2. The maximum atomic E-state index is 12.9. The van der Waals surface area contributed by atoms with Crippen LogP contribution in [0.3, 0.4) is 0 Å². The second kappa shape index (κ2) is 16.6. The maximum Gasteiger partial charge on any atom is 0.404 e. The second-order valence-corrected chi connectivity index (χ2v) is 12.2. The van der Waals surface area contributed by atoms with Gasteiger partial charge < -0.3 is 40.3 Å². The molecule has 2 rings (SSSR count). The molecule has 0 aromatic heterocycles. The molecule has 44 heavy (non-hydrogen) atoms. The number of carbonyl (C=O) groups excluding carboxylic acids is 4. The summed E-state index contributed by atoms with van der Waals surface area (Å²) in [5, 5.41) is 11.1. The number of rotatable bonds is 11. The van der Waals surface area contributed by atoms with Crippen LogP contribution in [0.1, 0.15) is 80.6 Å². The molecule has 0 saturated carbocycles. The minimum Gasteiger partial charge on any atom is -0.457 e. The van der Waals surface area contributed by atoms with Crippen LogP contribution in [-0.4, -0.2) is 71.5 Å². The van der Waals surface area contributed by atoms with Gasteiger partial charge in [0.2, 0.25) is 0 Å². The number of nitrogens with two attached hydrogens (primary N) is 2. The molecule has 5 N–H and O–H groups in total. The summed E-state index contributed by atoms with van der Waals surface area (Å²) in [6, 6.07) is 0. The van der Waals surface area contributed by atoms with Crippen molar-refractivity contribution in [3.8, 4) is 0 Å². The van der Waals surface area contributed by atoms with Gasteiger partial charge in [0.15, 0.2) is 0 Å². The Bertz CT molecular complexity index is 1100. The molecule has 10 atom stereocenters. The monoisotopic (exact) mass is 622 g/mol. The first kappa shape index (κ1) is 36.8. The number of primary amides is 2. The minimum atomic E-state index is -1.50. The van der Waals surface area contributed by atoms with E-state index in [1.54, 1.807) is 12.2 Å². The third-order valence-corrected chi connectivity index (χ3v) is 8.13. The predicted molar refractivity (Wildman–Crippen MR) is 162 cm³/mol. The largest absolute Gasteiger partial charge is 0.457 e. The van der Waals surface area contributed by atoms with Crippen molar-refractivity contribution in [2.45, 2.75) is 123 Å². The highest BCUT2D eigenvalue weighted by molar-refractivity contribution is 5.72. The molecule has 12 nitrogen and oxygen atoms in total. The molecule has 0 spiro atoms. The molecule has 0 aromatic rings. The van der Waals surface area contributed by atoms with E-state index in [4.69, 9.17) is 35.2 Å². The van der Waals surface area contributed by atoms with Gasteiger partial charge in [0.25, 0.3) is 0 Å². The van der Waals surface area contributed by atoms with Crippen LogP contribution in [0.4, 0.5) is 9.59 Å². The van der Waals surface area contributed by atoms with Crippen LogP contribution in [-0.2, 0) is 33.3 Å². The van der Waals surface area contributed by atoms with Crippen molar-refractivity contribution in [3.63, 3.8) is 0 Å². The first-order valence-electron chi connectivity index (χ1n) is 15.2. The van der Waals surface area contributed by atoms with Gasteiger partial charge >= 0.3 is 24.1 Å². The van der Waals surface area contributed by atoms with E-state index >= 15 is 0 Å². The third kappa shape index (κ3) is 12.0. The molecule has 2 heterocycles. The molecule has 248 valence electrons. The summed E-state index contributed by atoms with van der Waals surface area (Å²) >= 11 is 0. The number of amides is 2. The smallest absolute Gasteiger partial charge is 0.404 e. The van der Waals surface area contributed by atoms with Gasteiger partial charge in [-0.15, -0.1) is 0 Å². The van der Waals surface area contributed by atoms with Crippen molar-refractivity contribution in [3.05, 3.63) is 36.0 Å². The van der Waals surface area contributed by atoms with Crippen molar-refractivity contribution in [2.75, 3.05) is 0 Å². The number of esters is 2. The van der Waals surface area contributed by atoms with E-state index in [2.05, 4.69) is 6.92 Å². The first-order chi connectivity index (χ1) is 20.5. The van der Waals surface area contributed by atoms with Crippen LogP contribution in [0.2, 0.25) is 0 Å². The molecular formula is C32H50N2O10. The molecule has 12 heteroatoms. The summed E-state index contributed by atoms with van der Waals surface area (Å²) in [6.45, 7) is 12.5. The van der Waals surface area contributed by atoms with Gasteiger partial charge in [-0.2, -0.15) is 0 Å². The van der Waals surface area contributed by atoms with Gasteiger partial charge in [-0.05, 0) is 57.1 Å². The van der Waals surface area contributed by atoms with Gasteiger partial charge in [0.05, 0.1) is 18.6 Å². The summed E-state index contributed by atoms with van der Waals surface area (Å²) in [5.74, 6) is -1.31. The molecule has 2 aliphatic rings. The fraction of sp³-hybridized carbons (Fsp3) is 0.688. The van der Waals surface area contributed by atoms with E-state index < -0.39 is 48.0 Å². The van der Waals surface area contributed by atoms with Crippen LogP contribution < -0.4 is 11.5 Å². The number of hydrogen-bond donors (Lipinski definition) is 3. The minimum absolute atomic E-state index is 0.00495. The number of ether oxygens (including phenoxy) is 5. The van der Waals surface area contributed by atoms with E-state index in [-0.39, 0.29) is 55.3 Å². The van der Waals surface area contributed by atoms with Crippen molar-refractivity contribution < 1.29 is 48.0 Å². The molecule has 2 aliphatic heterocycles. The Morgan fingerprint density at radius 3 is 2.43 bits per heavy atom. The van der Waals surface area contributed by atoms with Gasteiger partial charge in [-0.25, -0.2) is 9.59 Å². The molecule has 10 unspecified atom stereocenters. The third-order valence-electron chi connectivity index (χ3n) is 8.13. The summed E-state index contributed by atoms with van der Waals surface area (Å²) in [5.41, 5.74) is 9.66. The molecule has 0 radical (unpaired) electrons. The Kier molecular flexibility index (Phi) is 13.9. The Labute approximate surface area is 260 Å². The van der Waals surface area contributed by atoms with Crippen molar-refractivity contribution in [2.24, 2.45) is 29.2 Å². The zero-order chi connectivity index (χ0) is 33.2. The molecule has 0 aromatic carbocycles. The van der Waals surface area contributed by atoms with E-state index in [1.807, 2.05) is 45.9 Å². The zero-order valence-electron chi connectivity index (χ0n) is 26.9. The number of aliphatic hydroxyl groups is 1. The average molecular weight is 623 g/mol. The Hall–Kier alpha value is -3.38. The fourth-order valence-corrected chi connectivity index (χ4v) is 5.55. The standard InChI is InChI=1S/C32H50N2O10/c1-8-24(43-31(34)38)21(5)29-25(42-29)16-18(2)10-9-11-19(3)28-20(4)12-13-26(40-22(6)35)32(7,39)15-14-23(41-30(33)37)17-27(36)44-28/h9-13,18,20-21,23-26,28-29,39H,8,14-17H2,1-7H3,(H2,33,37)(H2,34,38)/b10-9+,13-12-,19-11+. The summed E-state index contributed by atoms with van der Waals surface area (Å²) in [7, 11) is 0. The number of hydrogen-bond acceptors (Lipinski definition) is 10. The van der Waals surface area contributed by atoms with Crippen LogP contribution in [0, 0.1) is 17.8 Å². The van der Waals surface area contributed by atoms with Gasteiger partial charge in [-0.3, -0.25) is 9.59 Å². The van der Waals surface area contributed by atoms with E-state index in [0.717, 1.165) is 12.0 Å². The van der Waals surface area contributed by atoms with E-state index in [1.165, 1.54) is 13.8 Å². The molecule has 2 amide bonds. The van der Waals surface area contributed by atoms with Crippen LogP contribution in [0.25, 0.3) is 0 Å². The Balaban J connectivity index is 2.17. The predicted octanol–water partition coefficient (Wildman–Crippen LogP) is 4.23. The SMILES string of the molecule is CCC(OC(N)=O)C(C)C1OC1CC(C)/C=C/C=C(\C)C1OC(=O)CC(OC(N)=O)CCC(C)(O)C(OC(C)=O)/C=C\C1C. The lowest BCUT2D eigenvalue weighted by Crippen LogP contribution is -2.42. The van der Waals surface area contributed by atoms with Crippen molar-refractivity contribution in [1.29, 1.82) is 0 Å². The normalized spacial score (nSPS) is 32.6. The lowest BCUT2D eigenvalue weighted by Gasteiger charge is -2.33. The number of carbonyl (C=O) groups is 4. The van der Waals surface area contributed by atoms with Crippen LogP contribution >= 0.6 is 0 Å². The fourth-order valence-electron chi connectivity index (χ4n) is 5.55. The maximum absolute atomic E-state index is 12.9. The number of cyclic esters (lactones) is 1. The lowest BCUT2D eigenvalue weighted by atomic mass is 9.88. The number of allylic oxidation sites excluding steroid dienone is 3. The van der Waals surface area contributed by atoms with Crippen LogP contribution in [0.5, 0.6) is 0 Å². The summed E-state index contributed by atoms with van der Waals surface area (Å²) in [4.78, 5) is 47.4. The van der Waals surface area contributed by atoms with E-state index in [0.29, 0.717) is 6.42 Å². The highest BCUT2D eigenvalue weighted by Gasteiger charge is 2.46. The quantitative estimate of drug-likeness (QED) is 0.0988. The zero-order valence-corrected chi connectivity index (χ0v) is 26.9. The molecule has 0 aliphatic carbocycles. The average Bonchev–Trinajstić information content (AvgIpc) is 3.68. The molecular weight excluding hydrogens is 572 g/mol. The van der Waals surface area contributed by atoms with E-state index in [9.17, 15) is 24.3 Å². The Morgan fingerprint density at radius 1 is 1.16 bits per heavy atom. The van der Waals surface area contributed by atoms with Gasteiger partial charge in [-0.1, -0.05) is 52.0 Å². The van der Waals surface area contributed by atoms with Gasteiger partial charge in [0, 0.05) is 18.8 Å². The topological polar surface area (TPSA) is 190 Å². The first-order valence-corrected chi connectivity index (χ1v) is 15.2. The molecule has 0 bridgehead atoms. The van der Waals surface area contributed by atoms with Crippen molar-refractivity contribution in [1.82, 2.24) is 0 Å². The lowest BCUT2D eigenvalue weighted by molar-refractivity contribution is -0.157.